The molecule has 0 atom stereocenters. The van der Waals surface area contributed by atoms with Crippen LogP contribution in [0.2, 0.25) is 0 Å². The smallest absolute Gasteiger partial charge is 0.261 e. The topological polar surface area (TPSA) is 115 Å². The van der Waals surface area contributed by atoms with Crippen LogP contribution in [-0.4, -0.2) is 43.4 Å². The van der Waals surface area contributed by atoms with Crippen LogP contribution in [-0.2, 0) is 16.7 Å². The Morgan fingerprint density at radius 2 is 1.38 bits per heavy atom. The first-order valence-corrected chi connectivity index (χ1v) is 13.3. The summed E-state index contributed by atoms with van der Waals surface area (Å²) < 4.78 is 25.9. The van der Waals surface area contributed by atoms with E-state index in [4.69, 9.17) is 9.55 Å². The quantitative estimate of drug-likeness (QED) is 0.288. The summed E-state index contributed by atoms with van der Waals surface area (Å²) in [6.07, 6.45) is 11.3. The fourth-order valence-electron chi connectivity index (χ4n) is 3.15. The molecular weight excluding hydrogens is 426 g/mol. The van der Waals surface area contributed by atoms with E-state index in [0.717, 1.165) is 24.9 Å². The lowest BCUT2D eigenvalue weighted by Crippen LogP contribution is -2.68. The summed E-state index contributed by atoms with van der Waals surface area (Å²) in [7, 11) is -3.67. The summed E-state index contributed by atoms with van der Waals surface area (Å²) in [5.74, 6) is 1.59. The zero-order valence-corrected chi connectivity index (χ0v) is 20.8. The standard InChI is InChI=1S/C22H37N5.CH4O3S/c1-4-5-6-7-8-9-10-14-17-23-20-25-21(27-22(2,3)26-20)24-18-19-15-12-11-13-16-19;1-5(2,3)4/h11-13,15-16H,4-10,14,17-18H2,1-3H3,(H3,23,24,25,26,27);1H3,(H,2,3,4). The van der Waals surface area contributed by atoms with Crippen molar-refractivity contribution in [3.05, 3.63) is 35.9 Å². The maximum absolute atomic E-state index is 9.19. The van der Waals surface area contributed by atoms with Gasteiger partial charge in [-0.05, 0) is 25.8 Å². The van der Waals surface area contributed by atoms with Gasteiger partial charge in [-0.25, -0.2) is 4.99 Å². The Kier molecular flexibility index (Phi) is 12.9. The molecule has 182 valence electrons. The molecule has 2 rings (SSSR count). The van der Waals surface area contributed by atoms with Crippen molar-refractivity contribution in [1.29, 1.82) is 0 Å². The largest absolute Gasteiger partial charge is 0.334 e. The molecule has 1 aliphatic rings. The molecule has 1 aromatic rings. The van der Waals surface area contributed by atoms with E-state index in [1.54, 1.807) is 0 Å². The van der Waals surface area contributed by atoms with E-state index < -0.39 is 10.1 Å². The lowest BCUT2D eigenvalue weighted by Gasteiger charge is -2.36. The number of unbranched alkanes of at least 4 members (excludes halogenated alkanes) is 7. The van der Waals surface area contributed by atoms with Gasteiger partial charge in [0.25, 0.3) is 10.1 Å². The van der Waals surface area contributed by atoms with Gasteiger partial charge in [0.05, 0.1) is 12.8 Å². The first-order valence-electron chi connectivity index (χ1n) is 11.5. The molecule has 4 N–H and O–H groups in total. The Hall–Kier alpha value is -2.13. The fourth-order valence-corrected chi connectivity index (χ4v) is 3.15. The summed E-state index contributed by atoms with van der Waals surface area (Å²) in [4.78, 5) is 9.37. The molecular formula is C23H41N5O3S. The van der Waals surface area contributed by atoms with Crippen LogP contribution in [0.15, 0.2) is 40.3 Å². The molecule has 0 aliphatic carbocycles. The second-order valence-electron chi connectivity index (χ2n) is 8.59. The van der Waals surface area contributed by atoms with Gasteiger partial charge in [-0.15, -0.1) is 0 Å². The Morgan fingerprint density at radius 1 is 0.875 bits per heavy atom. The minimum atomic E-state index is -3.67. The molecule has 32 heavy (non-hydrogen) atoms. The van der Waals surface area contributed by atoms with Gasteiger partial charge >= 0.3 is 0 Å². The first kappa shape index (κ1) is 27.9. The third-order valence-corrected chi connectivity index (χ3v) is 4.64. The summed E-state index contributed by atoms with van der Waals surface area (Å²) in [6, 6.07) is 10.3. The van der Waals surface area contributed by atoms with E-state index >= 15 is 0 Å². The highest BCUT2D eigenvalue weighted by atomic mass is 32.2. The third kappa shape index (κ3) is 15.6. The molecule has 0 amide bonds. The molecule has 1 heterocycles. The molecule has 0 saturated carbocycles. The van der Waals surface area contributed by atoms with Crippen molar-refractivity contribution in [2.45, 2.75) is 84.3 Å². The van der Waals surface area contributed by atoms with Crippen molar-refractivity contribution in [3.63, 3.8) is 0 Å². The van der Waals surface area contributed by atoms with Crippen LogP contribution in [0.5, 0.6) is 0 Å². The summed E-state index contributed by atoms with van der Waals surface area (Å²) >= 11 is 0. The van der Waals surface area contributed by atoms with Crippen LogP contribution in [0, 0.1) is 0 Å². The lowest BCUT2D eigenvalue weighted by molar-refractivity contribution is 0.403. The van der Waals surface area contributed by atoms with Crippen LogP contribution in [0.25, 0.3) is 0 Å². The number of nitrogens with one attached hydrogen (secondary N) is 3. The van der Waals surface area contributed by atoms with E-state index in [9.17, 15) is 8.42 Å². The molecule has 8 nitrogen and oxygen atoms in total. The molecule has 0 radical (unpaired) electrons. The molecule has 1 saturated heterocycles. The minimum absolute atomic E-state index is 0.265. The van der Waals surface area contributed by atoms with Gasteiger partial charge in [0.15, 0.2) is 11.9 Å². The number of benzene rings is 1. The molecule has 1 aromatic carbocycles. The fraction of sp³-hybridized carbons (Fsp3) is 0.652. The molecule has 1 aliphatic heterocycles. The number of nitrogens with zero attached hydrogens (tertiary/aromatic N) is 2. The predicted molar refractivity (Wildman–Crippen MR) is 133 cm³/mol. The first-order chi connectivity index (χ1) is 15.1. The Morgan fingerprint density at radius 3 is 1.94 bits per heavy atom. The molecule has 1 fully saturated rings. The van der Waals surface area contributed by atoms with Gasteiger partial charge in [0, 0.05) is 6.54 Å². The highest BCUT2D eigenvalue weighted by molar-refractivity contribution is 7.85. The zero-order chi connectivity index (χ0) is 23.9. The van der Waals surface area contributed by atoms with Gasteiger partial charge < -0.3 is 10.6 Å². The highest BCUT2D eigenvalue weighted by Gasteiger charge is 2.26. The molecule has 0 aromatic heterocycles. The molecule has 9 heteroatoms. The Bertz CT molecular complexity index is 800. The van der Waals surface area contributed by atoms with Crippen LogP contribution in [0.4, 0.5) is 0 Å². The average molecular weight is 468 g/mol. The molecule has 0 unspecified atom stereocenters. The van der Waals surface area contributed by atoms with Crippen molar-refractivity contribution in [2.24, 2.45) is 9.98 Å². The van der Waals surface area contributed by atoms with E-state index in [0.29, 0.717) is 12.8 Å². The van der Waals surface area contributed by atoms with E-state index in [-0.39, 0.29) is 5.66 Å². The second kappa shape index (κ2) is 14.8. The maximum Gasteiger partial charge on any atom is 0.261 e. The van der Waals surface area contributed by atoms with Crippen molar-refractivity contribution in [3.8, 4) is 0 Å². The molecule has 0 spiro atoms. The monoisotopic (exact) mass is 467 g/mol. The van der Waals surface area contributed by atoms with E-state index in [2.05, 4.69) is 53.8 Å². The van der Waals surface area contributed by atoms with Crippen molar-refractivity contribution in [2.75, 3.05) is 12.8 Å². The van der Waals surface area contributed by atoms with Crippen LogP contribution >= 0.6 is 0 Å². The summed E-state index contributed by atoms with van der Waals surface area (Å²) in [6.45, 7) is 7.96. The van der Waals surface area contributed by atoms with Gasteiger partial charge in [0.2, 0.25) is 0 Å². The number of guanidine groups is 2. The van der Waals surface area contributed by atoms with Gasteiger partial charge in [-0.2, -0.15) is 8.42 Å². The normalized spacial score (nSPS) is 17.7. The number of rotatable bonds is 11. The highest BCUT2D eigenvalue weighted by Crippen LogP contribution is 2.09. The van der Waals surface area contributed by atoms with Crippen LogP contribution < -0.4 is 16.0 Å². The lowest BCUT2D eigenvalue weighted by atomic mass is 10.1. The minimum Gasteiger partial charge on any atom is -0.334 e. The zero-order valence-electron chi connectivity index (χ0n) is 20.0. The van der Waals surface area contributed by atoms with E-state index in [1.807, 2.05) is 18.2 Å². The number of hydrogen-bond acceptors (Lipinski definition) is 4. The van der Waals surface area contributed by atoms with Gasteiger partial charge in [-0.3, -0.25) is 14.9 Å². The number of aliphatic imine (C=N–C) groups is 2. The van der Waals surface area contributed by atoms with Crippen molar-refractivity contribution in [1.82, 2.24) is 16.0 Å². The molecule has 0 bridgehead atoms. The van der Waals surface area contributed by atoms with Crippen molar-refractivity contribution < 1.29 is 13.0 Å². The Balaban J connectivity index is 0.000000920. The third-order valence-electron chi connectivity index (χ3n) is 4.64. The summed E-state index contributed by atoms with van der Waals surface area (Å²) in [5, 5.41) is 10.1. The predicted octanol–water partition coefficient (Wildman–Crippen LogP) is 4.06. The van der Waals surface area contributed by atoms with Crippen LogP contribution in [0.1, 0.15) is 77.7 Å². The SMILES string of the molecule is CCCCCCCCCCN=C1NC(=NCc2ccccc2)NC(C)(C)N1.CS(=O)(=O)O. The van der Waals surface area contributed by atoms with Crippen LogP contribution in [0.3, 0.4) is 0 Å². The Labute approximate surface area is 194 Å². The van der Waals surface area contributed by atoms with Gasteiger partial charge in [-0.1, -0.05) is 82.2 Å². The second-order valence-corrected chi connectivity index (χ2v) is 10.1. The number of hydrogen-bond donors (Lipinski definition) is 4. The van der Waals surface area contributed by atoms with E-state index in [1.165, 1.54) is 50.5 Å². The summed E-state index contributed by atoms with van der Waals surface area (Å²) in [5.41, 5.74) is 0.932. The average Bonchev–Trinajstić information content (AvgIpc) is 2.69. The maximum atomic E-state index is 9.19. The van der Waals surface area contributed by atoms with Gasteiger partial charge in [0.1, 0.15) is 5.66 Å². The van der Waals surface area contributed by atoms with Crippen molar-refractivity contribution >= 4 is 22.0 Å².